The van der Waals surface area contributed by atoms with Crippen LogP contribution in [0.15, 0.2) is 75.8 Å². The van der Waals surface area contributed by atoms with Crippen LogP contribution < -0.4 is 14.9 Å². The Kier molecular flexibility index (Phi) is 8.09. The van der Waals surface area contributed by atoms with Gasteiger partial charge in [-0.05, 0) is 50.6 Å². The highest BCUT2D eigenvalue weighted by Crippen LogP contribution is 2.31. The third-order valence-corrected chi connectivity index (χ3v) is 8.78. The van der Waals surface area contributed by atoms with Crippen molar-refractivity contribution in [1.82, 2.24) is 14.0 Å². The first-order valence-electron chi connectivity index (χ1n) is 14.1. The van der Waals surface area contributed by atoms with Crippen molar-refractivity contribution in [2.45, 2.75) is 39.5 Å². The lowest BCUT2D eigenvalue weighted by Gasteiger charge is -2.27. The van der Waals surface area contributed by atoms with Crippen LogP contribution in [0, 0.1) is 0 Å². The molecule has 0 aliphatic carbocycles. The molecule has 1 fully saturated rings. The van der Waals surface area contributed by atoms with Crippen LogP contribution in [0.3, 0.4) is 0 Å². The number of hydrogen-bond acceptors (Lipinski definition) is 7. The average molecular weight is 619 g/mol. The van der Waals surface area contributed by atoms with Crippen LogP contribution in [-0.2, 0) is 25.6 Å². The highest BCUT2D eigenvalue weighted by molar-refractivity contribution is 7.07. The largest absolute Gasteiger partial charge is 0.459 e. The molecule has 1 amide bonds. The molecule has 2 aromatic carbocycles. The third-order valence-electron chi connectivity index (χ3n) is 7.55. The van der Waals surface area contributed by atoms with Gasteiger partial charge >= 0.3 is 5.97 Å². The van der Waals surface area contributed by atoms with Crippen molar-refractivity contribution in [2.75, 3.05) is 26.3 Å². The maximum absolute atomic E-state index is 14.1. The first-order valence-corrected chi connectivity index (χ1v) is 15.3. The molecule has 2 aliphatic rings. The van der Waals surface area contributed by atoms with Gasteiger partial charge < -0.3 is 18.9 Å². The van der Waals surface area contributed by atoms with Crippen LogP contribution in [0.25, 0.3) is 17.0 Å². The smallest absolute Gasteiger partial charge is 0.338 e. The Morgan fingerprint density at radius 3 is 2.58 bits per heavy atom. The molecule has 6 rings (SSSR count). The number of allylic oxidation sites excluding steroid dienone is 1. The molecule has 43 heavy (non-hydrogen) atoms. The Morgan fingerprint density at radius 1 is 1.14 bits per heavy atom. The minimum Gasteiger partial charge on any atom is -0.459 e. The summed E-state index contributed by atoms with van der Waals surface area (Å²) in [6.07, 6.45) is 3.41. The van der Waals surface area contributed by atoms with E-state index in [2.05, 4.69) is 4.99 Å². The number of aromatic nitrogens is 2. The van der Waals surface area contributed by atoms with E-state index in [0.717, 1.165) is 22.0 Å². The van der Waals surface area contributed by atoms with Gasteiger partial charge in [0, 0.05) is 40.8 Å². The molecule has 1 saturated heterocycles. The lowest BCUT2D eigenvalue weighted by molar-refractivity contribution is -0.143. The number of para-hydroxylation sites is 1. The molecular formula is C32H31ClN4O5S. The van der Waals surface area contributed by atoms with Gasteiger partial charge in [0.1, 0.15) is 6.54 Å². The molecule has 11 heteroatoms. The predicted octanol–water partition coefficient (Wildman–Crippen LogP) is 3.65. The SMILES string of the molecule is CC1=C(C(=O)OC(C)C)[C@@H](c2ccc(Cl)cc2)n2c(s/c(=C/c3cn(CC(=O)N4CCOCC4)c4ccccc34)c2=O)=N1. The molecule has 0 N–H and O–H groups in total. The number of benzene rings is 2. The number of thiazole rings is 1. The second-order valence-corrected chi connectivity index (χ2v) is 12.3. The number of fused-ring (bicyclic) bond motifs is 2. The maximum Gasteiger partial charge on any atom is 0.338 e. The first-order chi connectivity index (χ1) is 20.7. The van der Waals surface area contributed by atoms with E-state index in [4.69, 9.17) is 21.1 Å². The van der Waals surface area contributed by atoms with E-state index >= 15 is 0 Å². The van der Waals surface area contributed by atoms with E-state index < -0.39 is 12.0 Å². The summed E-state index contributed by atoms with van der Waals surface area (Å²) in [5, 5.41) is 1.47. The number of nitrogens with zero attached hydrogens (tertiary/aromatic N) is 4. The summed E-state index contributed by atoms with van der Waals surface area (Å²) >= 11 is 7.44. The number of amides is 1. The lowest BCUT2D eigenvalue weighted by Crippen LogP contribution is -2.42. The van der Waals surface area contributed by atoms with Gasteiger partial charge in [-0.3, -0.25) is 14.2 Å². The van der Waals surface area contributed by atoms with Crippen LogP contribution in [0.2, 0.25) is 5.02 Å². The summed E-state index contributed by atoms with van der Waals surface area (Å²) in [5.74, 6) is -0.493. The zero-order valence-corrected chi connectivity index (χ0v) is 25.7. The molecule has 1 atom stereocenters. The van der Waals surface area contributed by atoms with Gasteiger partial charge in [-0.2, -0.15) is 0 Å². The fourth-order valence-corrected chi connectivity index (χ4v) is 6.70. The molecular weight excluding hydrogens is 588 g/mol. The second-order valence-electron chi connectivity index (χ2n) is 10.8. The molecule has 0 spiro atoms. The summed E-state index contributed by atoms with van der Waals surface area (Å²) in [4.78, 5) is 47.5. The van der Waals surface area contributed by atoms with Crippen LogP contribution in [0.4, 0.5) is 0 Å². The summed E-state index contributed by atoms with van der Waals surface area (Å²) < 4.78 is 14.9. The zero-order chi connectivity index (χ0) is 30.2. The Hall–Kier alpha value is -3.99. The number of carbonyl (C=O) groups is 2. The van der Waals surface area contributed by atoms with Gasteiger partial charge in [-0.1, -0.05) is 53.3 Å². The number of halogens is 1. The molecule has 0 saturated carbocycles. The van der Waals surface area contributed by atoms with Gasteiger partial charge in [-0.25, -0.2) is 9.79 Å². The van der Waals surface area contributed by atoms with Crippen molar-refractivity contribution in [3.05, 3.63) is 102 Å². The van der Waals surface area contributed by atoms with Crippen LogP contribution >= 0.6 is 22.9 Å². The fourth-order valence-electron chi connectivity index (χ4n) is 5.54. The van der Waals surface area contributed by atoms with Crippen molar-refractivity contribution in [3.63, 3.8) is 0 Å². The molecule has 222 valence electrons. The summed E-state index contributed by atoms with van der Waals surface area (Å²) in [7, 11) is 0. The topological polar surface area (TPSA) is 95.1 Å². The first kappa shape index (κ1) is 29.1. The van der Waals surface area contributed by atoms with E-state index in [1.807, 2.05) is 58.1 Å². The number of carbonyl (C=O) groups excluding carboxylic acids is 2. The van der Waals surface area contributed by atoms with E-state index in [-0.39, 0.29) is 24.1 Å². The number of ether oxygens (including phenoxy) is 2. The van der Waals surface area contributed by atoms with E-state index in [0.29, 0.717) is 51.9 Å². The van der Waals surface area contributed by atoms with Crippen LogP contribution in [0.1, 0.15) is 37.9 Å². The normalized spacial score (nSPS) is 17.4. The number of hydrogen-bond donors (Lipinski definition) is 0. The molecule has 4 heterocycles. The molecule has 9 nitrogen and oxygen atoms in total. The number of rotatable bonds is 6. The Balaban J connectivity index is 1.46. The molecule has 0 unspecified atom stereocenters. The van der Waals surface area contributed by atoms with Crippen molar-refractivity contribution in [1.29, 1.82) is 0 Å². The minimum atomic E-state index is -0.727. The van der Waals surface area contributed by atoms with Crippen molar-refractivity contribution < 1.29 is 19.1 Å². The zero-order valence-electron chi connectivity index (χ0n) is 24.1. The van der Waals surface area contributed by atoms with Crippen molar-refractivity contribution in [2.24, 2.45) is 4.99 Å². The van der Waals surface area contributed by atoms with Gasteiger partial charge in [0.2, 0.25) is 5.91 Å². The Labute approximate surface area is 256 Å². The maximum atomic E-state index is 14.1. The summed E-state index contributed by atoms with van der Waals surface area (Å²) in [6.45, 7) is 7.74. The summed E-state index contributed by atoms with van der Waals surface area (Å²) in [6, 6.07) is 14.2. The van der Waals surface area contributed by atoms with Gasteiger partial charge in [0.05, 0.1) is 41.2 Å². The lowest BCUT2D eigenvalue weighted by atomic mass is 9.96. The third kappa shape index (κ3) is 5.70. The highest BCUT2D eigenvalue weighted by Gasteiger charge is 2.34. The minimum absolute atomic E-state index is 0.0224. The standard InChI is InChI=1S/C32H31ClN4O5S/c1-19(2)42-31(40)28-20(3)34-32-37(29(28)21-8-10-23(33)11-9-21)30(39)26(43-32)16-22-17-36(25-7-5-4-6-24(22)25)18-27(38)35-12-14-41-15-13-35/h4-11,16-17,19,29H,12-15,18H2,1-3H3/b26-16+/t29-/m1/s1. The highest BCUT2D eigenvalue weighted by atomic mass is 35.5. The number of esters is 1. The Morgan fingerprint density at radius 2 is 1.86 bits per heavy atom. The van der Waals surface area contributed by atoms with Crippen LogP contribution in [0.5, 0.6) is 0 Å². The molecule has 2 aliphatic heterocycles. The molecule has 4 aromatic rings. The van der Waals surface area contributed by atoms with E-state index in [9.17, 15) is 14.4 Å². The fraction of sp³-hybridized carbons (Fsp3) is 0.312. The monoisotopic (exact) mass is 618 g/mol. The average Bonchev–Trinajstić information content (AvgIpc) is 3.49. The number of morpholine rings is 1. The van der Waals surface area contributed by atoms with E-state index in [1.165, 1.54) is 11.3 Å². The molecule has 2 aromatic heterocycles. The summed E-state index contributed by atoms with van der Waals surface area (Å²) in [5.41, 5.74) is 2.97. The van der Waals surface area contributed by atoms with Gasteiger partial charge in [-0.15, -0.1) is 0 Å². The van der Waals surface area contributed by atoms with Crippen LogP contribution in [-0.4, -0.2) is 58.3 Å². The van der Waals surface area contributed by atoms with Gasteiger partial charge in [0.15, 0.2) is 4.80 Å². The van der Waals surface area contributed by atoms with Crippen molar-refractivity contribution in [3.8, 4) is 0 Å². The Bertz CT molecular complexity index is 1930. The second kappa shape index (κ2) is 11.9. The van der Waals surface area contributed by atoms with Gasteiger partial charge in [0.25, 0.3) is 5.56 Å². The quantitative estimate of drug-likeness (QED) is 0.308. The molecule has 0 bridgehead atoms. The van der Waals surface area contributed by atoms with Crippen molar-refractivity contribution >= 4 is 51.8 Å². The molecule has 0 radical (unpaired) electrons. The van der Waals surface area contributed by atoms with E-state index in [1.54, 1.807) is 37.5 Å². The predicted molar refractivity (Wildman–Crippen MR) is 166 cm³/mol.